The van der Waals surface area contributed by atoms with Crippen LogP contribution in [0.3, 0.4) is 0 Å². The Bertz CT molecular complexity index is 777. The summed E-state index contributed by atoms with van der Waals surface area (Å²) >= 11 is 0. The number of benzene rings is 2. The zero-order chi connectivity index (χ0) is 20.8. The molecule has 0 spiro atoms. The lowest BCUT2D eigenvalue weighted by Crippen LogP contribution is -2.39. The topological polar surface area (TPSA) is 32.8 Å². The molecule has 156 valence electrons. The molecule has 0 aromatic heterocycles. The number of carbonyl (C=O) groups excluding carboxylic acids is 1. The Balaban J connectivity index is 1.75. The lowest BCUT2D eigenvalue weighted by atomic mass is 10.1. The quantitative estimate of drug-likeness (QED) is 0.570. The van der Waals surface area contributed by atoms with Gasteiger partial charge in [0.2, 0.25) is 0 Å². The second kappa shape index (κ2) is 9.93. The third-order valence-corrected chi connectivity index (χ3v) is 6.07. The van der Waals surface area contributed by atoms with Gasteiger partial charge in [0.15, 0.2) is 0 Å². The van der Waals surface area contributed by atoms with Gasteiger partial charge in [0.1, 0.15) is 5.75 Å². The highest BCUT2D eigenvalue weighted by Crippen LogP contribution is 2.36. The van der Waals surface area contributed by atoms with Crippen LogP contribution < -0.4 is 4.74 Å². The van der Waals surface area contributed by atoms with Crippen LogP contribution in [0, 0.1) is 5.92 Å². The van der Waals surface area contributed by atoms with Crippen LogP contribution in [-0.4, -0.2) is 41.9 Å². The van der Waals surface area contributed by atoms with E-state index in [1.807, 2.05) is 41.3 Å². The summed E-state index contributed by atoms with van der Waals surface area (Å²) in [4.78, 5) is 17.8. The molecule has 0 radical (unpaired) electrons. The summed E-state index contributed by atoms with van der Waals surface area (Å²) in [5.41, 5.74) is 3.15. The molecule has 0 bridgehead atoms. The smallest absolute Gasteiger partial charge is 0.254 e. The number of carbonyl (C=O) groups is 1. The van der Waals surface area contributed by atoms with Gasteiger partial charge in [0.25, 0.3) is 5.91 Å². The Morgan fingerprint density at radius 3 is 2.03 bits per heavy atom. The van der Waals surface area contributed by atoms with E-state index in [9.17, 15) is 4.79 Å². The number of hydrogen-bond acceptors (Lipinski definition) is 3. The van der Waals surface area contributed by atoms with E-state index in [1.165, 1.54) is 18.4 Å². The SMILES string of the molecule is CCN(CC)Cc1ccc(C(=O)N(Cc2ccc(OC)cc2)C(C)C2CC2)cc1. The standard InChI is InChI=1S/C25H34N2O2/c1-5-26(6-2)17-20-7-11-23(12-8-20)25(28)27(19(3)22-13-14-22)18-21-9-15-24(29-4)16-10-21/h7-12,15-16,19,22H,5-6,13-14,17-18H2,1-4H3. The zero-order valence-electron chi connectivity index (χ0n) is 18.2. The summed E-state index contributed by atoms with van der Waals surface area (Å²) in [5, 5.41) is 0. The summed E-state index contributed by atoms with van der Waals surface area (Å²) in [7, 11) is 1.67. The van der Waals surface area contributed by atoms with Crippen molar-refractivity contribution in [3.8, 4) is 5.75 Å². The Morgan fingerprint density at radius 1 is 0.966 bits per heavy atom. The molecule has 4 heteroatoms. The second-order valence-corrected chi connectivity index (χ2v) is 8.02. The summed E-state index contributed by atoms with van der Waals surface area (Å²) in [6.45, 7) is 10.2. The minimum Gasteiger partial charge on any atom is -0.497 e. The van der Waals surface area contributed by atoms with Crippen LogP contribution in [0.25, 0.3) is 0 Å². The molecule has 29 heavy (non-hydrogen) atoms. The Kier molecular flexibility index (Phi) is 7.32. The normalized spacial score (nSPS) is 14.7. The number of rotatable bonds is 10. The van der Waals surface area contributed by atoms with Crippen LogP contribution in [0.5, 0.6) is 5.75 Å². The average Bonchev–Trinajstić information content (AvgIpc) is 3.61. The predicted octanol–water partition coefficient (Wildman–Crippen LogP) is 4.98. The van der Waals surface area contributed by atoms with Crippen molar-refractivity contribution in [3.05, 3.63) is 65.2 Å². The molecule has 0 aliphatic heterocycles. The second-order valence-electron chi connectivity index (χ2n) is 8.02. The third-order valence-electron chi connectivity index (χ3n) is 6.07. The minimum atomic E-state index is 0.120. The molecule has 3 rings (SSSR count). The van der Waals surface area contributed by atoms with Gasteiger partial charge in [-0.1, -0.05) is 38.1 Å². The summed E-state index contributed by atoms with van der Waals surface area (Å²) < 4.78 is 5.26. The molecule has 1 amide bonds. The number of methoxy groups -OCH3 is 1. The first-order chi connectivity index (χ1) is 14.0. The highest BCUT2D eigenvalue weighted by atomic mass is 16.5. The van der Waals surface area contributed by atoms with Crippen LogP contribution in [0.2, 0.25) is 0 Å². The molecular formula is C25H34N2O2. The lowest BCUT2D eigenvalue weighted by Gasteiger charge is -2.30. The van der Waals surface area contributed by atoms with Crippen molar-refractivity contribution >= 4 is 5.91 Å². The first kappa shape index (κ1) is 21.4. The van der Waals surface area contributed by atoms with Gasteiger partial charge in [0, 0.05) is 24.7 Å². The summed E-state index contributed by atoms with van der Waals surface area (Å²) in [5.74, 6) is 1.58. The van der Waals surface area contributed by atoms with Gasteiger partial charge in [-0.2, -0.15) is 0 Å². The Labute approximate surface area is 175 Å². The molecule has 1 aliphatic carbocycles. The van der Waals surface area contributed by atoms with Gasteiger partial charge in [-0.15, -0.1) is 0 Å². The first-order valence-electron chi connectivity index (χ1n) is 10.8. The van der Waals surface area contributed by atoms with E-state index in [4.69, 9.17) is 4.74 Å². The summed E-state index contributed by atoms with van der Waals surface area (Å²) in [6.07, 6.45) is 2.44. The van der Waals surface area contributed by atoms with E-state index in [0.29, 0.717) is 12.5 Å². The van der Waals surface area contributed by atoms with E-state index in [0.717, 1.165) is 36.5 Å². The largest absolute Gasteiger partial charge is 0.497 e. The lowest BCUT2D eigenvalue weighted by molar-refractivity contribution is 0.0654. The van der Waals surface area contributed by atoms with E-state index in [1.54, 1.807) is 7.11 Å². The van der Waals surface area contributed by atoms with Crippen molar-refractivity contribution in [2.24, 2.45) is 5.92 Å². The molecular weight excluding hydrogens is 360 g/mol. The van der Waals surface area contributed by atoms with Crippen LogP contribution in [-0.2, 0) is 13.1 Å². The number of nitrogens with zero attached hydrogens (tertiary/aromatic N) is 2. The average molecular weight is 395 g/mol. The molecule has 2 aromatic rings. The van der Waals surface area contributed by atoms with Gasteiger partial charge in [-0.25, -0.2) is 0 Å². The fourth-order valence-electron chi connectivity index (χ4n) is 3.79. The number of ether oxygens (including phenoxy) is 1. The fraction of sp³-hybridized carbons (Fsp3) is 0.480. The molecule has 1 unspecified atom stereocenters. The molecule has 0 heterocycles. The van der Waals surface area contributed by atoms with Gasteiger partial charge in [0.05, 0.1) is 7.11 Å². The minimum absolute atomic E-state index is 0.120. The number of hydrogen-bond donors (Lipinski definition) is 0. The van der Waals surface area contributed by atoms with Gasteiger partial charge in [-0.3, -0.25) is 9.69 Å². The maximum absolute atomic E-state index is 13.4. The van der Waals surface area contributed by atoms with Gasteiger partial charge < -0.3 is 9.64 Å². The van der Waals surface area contributed by atoms with E-state index in [2.05, 4.69) is 37.8 Å². The van der Waals surface area contributed by atoms with Crippen LogP contribution in [0.15, 0.2) is 48.5 Å². The summed E-state index contributed by atoms with van der Waals surface area (Å²) in [6, 6.07) is 16.4. The maximum Gasteiger partial charge on any atom is 0.254 e. The van der Waals surface area contributed by atoms with E-state index < -0.39 is 0 Å². The van der Waals surface area contributed by atoms with E-state index >= 15 is 0 Å². The predicted molar refractivity (Wildman–Crippen MR) is 118 cm³/mol. The molecule has 4 nitrogen and oxygen atoms in total. The van der Waals surface area contributed by atoms with Gasteiger partial charge in [-0.05, 0) is 74.2 Å². The monoisotopic (exact) mass is 394 g/mol. The van der Waals surface area contributed by atoms with Crippen molar-refractivity contribution in [2.45, 2.75) is 52.7 Å². The van der Waals surface area contributed by atoms with Crippen molar-refractivity contribution in [2.75, 3.05) is 20.2 Å². The molecule has 1 atom stereocenters. The first-order valence-corrected chi connectivity index (χ1v) is 10.8. The molecule has 2 aromatic carbocycles. The van der Waals surface area contributed by atoms with Crippen molar-refractivity contribution in [3.63, 3.8) is 0 Å². The van der Waals surface area contributed by atoms with Crippen LogP contribution in [0.1, 0.15) is 55.1 Å². The van der Waals surface area contributed by atoms with Crippen molar-refractivity contribution in [1.82, 2.24) is 9.80 Å². The maximum atomic E-state index is 13.4. The highest BCUT2D eigenvalue weighted by Gasteiger charge is 2.34. The zero-order valence-corrected chi connectivity index (χ0v) is 18.2. The molecule has 1 fully saturated rings. The Morgan fingerprint density at radius 2 is 1.52 bits per heavy atom. The molecule has 1 aliphatic rings. The Hall–Kier alpha value is -2.33. The fourth-order valence-corrected chi connectivity index (χ4v) is 3.79. The third kappa shape index (κ3) is 5.60. The molecule has 0 N–H and O–H groups in total. The van der Waals surface area contributed by atoms with Crippen molar-refractivity contribution < 1.29 is 9.53 Å². The molecule has 1 saturated carbocycles. The van der Waals surface area contributed by atoms with Crippen LogP contribution in [0.4, 0.5) is 0 Å². The highest BCUT2D eigenvalue weighted by molar-refractivity contribution is 5.94. The van der Waals surface area contributed by atoms with Crippen molar-refractivity contribution in [1.29, 1.82) is 0 Å². The molecule has 0 saturated heterocycles. The van der Waals surface area contributed by atoms with Gasteiger partial charge >= 0.3 is 0 Å². The number of amides is 1. The van der Waals surface area contributed by atoms with E-state index in [-0.39, 0.29) is 11.9 Å². The van der Waals surface area contributed by atoms with Crippen LogP contribution >= 0.6 is 0 Å².